The maximum atomic E-state index is 13.7. The van der Waals surface area contributed by atoms with Gasteiger partial charge in [-0.15, -0.1) is 0 Å². The van der Waals surface area contributed by atoms with Crippen molar-refractivity contribution in [3.05, 3.63) is 74.4 Å². The van der Waals surface area contributed by atoms with E-state index >= 15 is 0 Å². The lowest BCUT2D eigenvalue weighted by atomic mass is 10.3. The van der Waals surface area contributed by atoms with E-state index in [2.05, 4.69) is 22.6 Å². The first kappa shape index (κ1) is 17.7. The minimum atomic E-state index is -0.710. The molecule has 0 N–H and O–H groups in total. The Morgan fingerprint density at radius 2 is 1.48 bits per heavy atom. The van der Waals surface area contributed by atoms with Crippen molar-refractivity contribution in [2.45, 2.75) is 0 Å². The number of carbonyl (C=O) groups excluding carboxylic acids is 2. The zero-order valence-electron chi connectivity index (χ0n) is 11.9. The van der Waals surface area contributed by atoms with Gasteiger partial charge in [0.1, 0.15) is 30.8 Å². The van der Waals surface area contributed by atoms with Crippen LogP contribution in [-0.4, -0.2) is 11.9 Å². The molecule has 0 heterocycles. The van der Waals surface area contributed by atoms with Crippen LogP contribution in [0.1, 0.15) is 0 Å². The van der Waals surface area contributed by atoms with Crippen LogP contribution >= 0.6 is 0 Å². The van der Waals surface area contributed by atoms with Gasteiger partial charge in [0, 0.05) is 18.2 Å². The van der Waals surface area contributed by atoms with Gasteiger partial charge in [-0.2, -0.15) is 0 Å². The van der Waals surface area contributed by atoms with Crippen molar-refractivity contribution in [3.8, 4) is 11.5 Å². The molecule has 7 heteroatoms. The first-order valence-electron chi connectivity index (χ1n) is 6.16. The number of benzene rings is 1. The Morgan fingerprint density at radius 1 is 0.913 bits per heavy atom. The van der Waals surface area contributed by atoms with E-state index in [1.807, 2.05) is 0 Å². The topological polar surface area (TPSA) is 71.1 Å². The summed E-state index contributed by atoms with van der Waals surface area (Å²) in [6, 6.07) is 3.77. The Labute approximate surface area is 131 Å². The van der Waals surface area contributed by atoms with Gasteiger partial charge in [-0.3, -0.25) is 0 Å². The van der Waals surface area contributed by atoms with Crippen LogP contribution < -0.4 is 9.47 Å². The third-order valence-electron chi connectivity index (χ3n) is 2.12. The van der Waals surface area contributed by atoms with Crippen molar-refractivity contribution < 1.29 is 32.9 Å². The quantitative estimate of drug-likeness (QED) is 0.416. The van der Waals surface area contributed by atoms with Crippen LogP contribution in [0, 0.1) is 5.82 Å². The van der Waals surface area contributed by atoms with Gasteiger partial charge < -0.3 is 18.9 Å². The van der Waals surface area contributed by atoms with E-state index in [1.54, 1.807) is 0 Å². The highest BCUT2D eigenvalue weighted by atomic mass is 19.1. The minimum Gasteiger partial charge on any atom is -0.462 e. The molecule has 0 fully saturated rings. The average molecular weight is 320 g/mol. The molecule has 6 nitrogen and oxygen atoms in total. The van der Waals surface area contributed by atoms with E-state index in [0.717, 1.165) is 43.3 Å². The van der Waals surface area contributed by atoms with Crippen LogP contribution in [0.25, 0.3) is 0 Å². The van der Waals surface area contributed by atoms with Crippen LogP contribution in [0.3, 0.4) is 0 Å². The van der Waals surface area contributed by atoms with Gasteiger partial charge in [-0.1, -0.05) is 13.2 Å². The van der Waals surface area contributed by atoms with Crippen molar-refractivity contribution in [3.63, 3.8) is 0 Å². The van der Waals surface area contributed by atoms with Crippen LogP contribution in [0.5, 0.6) is 11.5 Å². The molecular weight excluding hydrogens is 307 g/mol. The molecule has 1 rings (SSSR count). The second kappa shape index (κ2) is 9.56. The lowest BCUT2D eigenvalue weighted by Gasteiger charge is -2.04. The Balaban J connectivity index is 2.53. The second-order valence-electron chi connectivity index (χ2n) is 3.65. The molecule has 0 aromatic heterocycles. The molecule has 0 aliphatic rings. The summed E-state index contributed by atoms with van der Waals surface area (Å²) in [5, 5.41) is 0. The Kier molecular flexibility index (Phi) is 7.36. The SMILES string of the molecule is C=CC(=O)OC=COc1ccc(OC=COC(=O)C=C)c(F)c1. The summed E-state index contributed by atoms with van der Waals surface area (Å²) < 4.78 is 32.7. The summed E-state index contributed by atoms with van der Waals surface area (Å²) in [7, 11) is 0. The van der Waals surface area contributed by atoms with Crippen molar-refractivity contribution >= 4 is 11.9 Å². The van der Waals surface area contributed by atoms with E-state index in [0.29, 0.717) is 0 Å². The van der Waals surface area contributed by atoms with Crippen molar-refractivity contribution in [2.75, 3.05) is 0 Å². The predicted molar refractivity (Wildman–Crippen MR) is 78.5 cm³/mol. The van der Waals surface area contributed by atoms with E-state index in [1.165, 1.54) is 12.1 Å². The maximum Gasteiger partial charge on any atom is 0.335 e. The van der Waals surface area contributed by atoms with Crippen molar-refractivity contribution in [2.24, 2.45) is 0 Å². The third kappa shape index (κ3) is 6.76. The van der Waals surface area contributed by atoms with Gasteiger partial charge in [0.15, 0.2) is 11.6 Å². The number of esters is 2. The van der Waals surface area contributed by atoms with Crippen molar-refractivity contribution in [1.29, 1.82) is 0 Å². The van der Waals surface area contributed by atoms with Crippen molar-refractivity contribution in [1.82, 2.24) is 0 Å². The lowest BCUT2D eigenvalue weighted by molar-refractivity contribution is -0.133. The van der Waals surface area contributed by atoms with Gasteiger partial charge in [0.05, 0.1) is 0 Å². The van der Waals surface area contributed by atoms with E-state index in [-0.39, 0.29) is 11.5 Å². The Bertz CT molecular complexity index is 648. The molecule has 0 unspecified atom stereocenters. The summed E-state index contributed by atoms with van der Waals surface area (Å²) in [5.41, 5.74) is 0. The fourth-order valence-corrected chi connectivity index (χ4v) is 1.14. The second-order valence-corrected chi connectivity index (χ2v) is 3.65. The molecule has 0 aliphatic carbocycles. The van der Waals surface area contributed by atoms with E-state index in [4.69, 9.17) is 9.47 Å². The number of halogens is 1. The molecule has 0 saturated carbocycles. The molecule has 23 heavy (non-hydrogen) atoms. The molecule has 0 amide bonds. The van der Waals surface area contributed by atoms with Crippen LogP contribution in [0.4, 0.5) is 4.39 Å². The number of carbonyl (C=O) groups is 2. The standard InChI is InChI=1S/C16H13FO6/c1-3-15(18)22-9-7-20-12-5-6-14(13(17)11-12)21-8-10-23-16(19)4-2/h3-11H,1-2H2. The molecule has 0 bridgehead atoms. The summed E-state index contributed by atoms with van der Waals surface area (Å²) >= 11 is 0. The number of hydrogen-bond acceptors (Lipinski definition) is 6. The normalized spacial score (nSPS) is 10.3. The number of ether oxygens (including phenoxy) is 4. The van der Waals surface area contributed by atoms with E-state index < -0.39 is 17.8 Å². The molecule has 0 spiro atoms. The predicted octanol–water partition coefficient (Wildman–Crippen LogP) is 2.98. The highest BCUT2D eigenvalue weighted by Crippen LogP contribution is 2.23. The average Bonchev–Trinajstić information content (AvgIpc) is 2.56. The van der Waals surface area contributed by atoms with Crippen LogP contribution in [0.15, 0.2) is 68.6 Å². The maximum absolute atomic E-state index is 13.7. The van der Waals surface area contributed by atoms with Gasteiger partial charge in [0.25, 0.3) is 0 Å². The van der Waals surface area contributed by atoms with Gasteiger partial charge in [-0.05, 0) is 12.1 Å². The fraction of sp³-hybridized carbons (Fsp3) is 0. The largest absolute Gasteiger partial charge is 0.462 e. The molecule has 0 radical (unpaired) electrons. The minimum absolute atomic E-state index is 0.106. The third-order valence-corrected chi connectivity index (χ3v) is 2.12. The highest BCUT2D eigenvalue weighted by molar-refractivity contribution is 5.81. The summed E-state index contributed by atoms with van der Waals surface area (Å²) in [4.78, 5) is 21.5. The molecular formula is C16H13FO6. The molecule has 120 valence electrons. The van der Waals surface area contributed by atoms with Gasteiger partial charge in [0.2, 0.25) is 0 Å². The van der Waals surface area contributed by atoms with Gasteiger partial charge in [-0.25, -0.2) is 14.0 Å². The molecule has 0 saturated heterocycles. The Morgan fingerprint density at radius 3 is 2.00 bits per heavy atom. The summed E-state index contributed by atoms with van der Waals surface area (Å²) in [6.45, 7) is 6.42. The number of hydrogen-bond donors (Lipinski definition) is 0. The zero-order valence-corrected chi connectivity index (χ0v) is 11.9. The lowest BCUT2D eigenvalue weighted by Crippen LogP contribution is -1.94. The number of rotatable bonds is 8. The van der Waals surface area contributed by atoms with Gasteiger partial charge >= 0.3 is 11.9 Å². The zero-order chi connectivity index (χ0) is 17.1. The summed E-state index contributed by atoms with van der Waals surface area (Å²) in [5.74, 6) is -1.98. The molecule has 1 aromatic carbocycles. The molecule has 0 aliphatic heterocycles. The summed E-state index contributed by atoms with van der Waals surface area (Å²) in [6.07, 6.45) is 5.95. The Hall–Kier alpha value is -3.35. The van der Waals surface area contributed by atoms with Crippen LogP contribution in [-0.2, 0) is 19.1 Å². The highest BCUT2D eigenvalue weighted by Gasteiger charge is 2.04. The molecule has 0 atom stereocenters. The first-order valence-corrected chi connectivity index (χ1v) is 6.16. The monoisotopic (exact) mass is 320 g/mol. The first-order chi connectivity index (χ1) is 11.1. The van der Waals surface area contributed by atoms with E-state index in [9.17, 15) is 14.0 Å². The van der Waals surface area contributed by atoms with Crippen LogP contribution in [0.2, 0.25) is 0 Å². The fourth-order valence-electron chi connectivity index (χ4n) is 1.14. The smallest absolute Gasteiger partial charge is 0.335 e. The molecule has 1 aromatic rings.